The van der Waals surface area contributed by atoms with Crippen molar-refractivity contribution < 1.29 is 24.2 Å². The van der Waals surface area contributed by atoms with Crippen molar-refractivity contribution in [3.63, 3.8) is 0 Å². The normalized spacial score (nSPS) is 13.1. The predicted molar refractivity (Wildman–Crippen MR) is 90.5 cm³/mol. The number of rotatable bonds is 6. The van der Waals surface area contributed by atoms with Crippen molar-refractivity contribution in [1.29, 1.82) is 0 Å². The van der Waals surface area contributed by atoms with Gasteiger partial charge < -0.3 is 14.6 Å². The van der Waals surface area contributed by atoms with E-state index >= 15 is 0 Å². The van der Waals surface area contributed by atoms with E-state index in [-0.39, 0.29) is 6.61 Å². The number of nitrogens with one attached hydrogen (secondary N) is 1. The molecule has 6 heteroatoms. The molecule has 0 aliphatic heterocycles. The summed E-state index contributed by atoms with van der Waals surface area (Å²) in [5, 5.41) is 14.3. The van der Waals surface area contributed by atoms with Crippen LogP contribution in [-0.4, -0.2) is 29.6 Å². The molecule has 24 heavy (non-hydrogen) atoms. The number of unbranched alkanes of at least 4 members (excludes halogenated alkanes) is 1. The Morgan fingerprint density at radius 1 is 1.17 bits per heavy atom. The van der Waals surface area contributed by atoms with Crippen molar-refractivity contribution in [2.24, 2.45) is 0 Å². The number of carbonyl (C=O) groups excluding carboxylic acids is 2. The first-order valence-corrected chi connectivity index (χ1v) is 7.81. The Morgan fingerprint density at radius 2 is 1.88 bits per heavy atom. The summed E-state index contributed by atoms with van der Waals surface area (Å²) in [5.74, 6) is -3.34. The van der Waals surface area contributed by atoms with Crippen LogP contribution >= 0.6 is 0 Å². The lowest BCUT2D eigenvalue weighted by Gasteiger charge is -2.21. The highest BCUT2D eigenvalue weighted by atomic mass is 16.7. The number of benzene rings is 2. The predicted octanol–water partition coefficient (Wildman–Crippen LogP) is 3.44. The fourth-order valence-corrected chi connectivity index (χ4v) is 2.14. The van der Waals surface area contributed by atoms with Crippen molar-refractivity contribution >= 4 is 28.5 Å². The zero-order valence-electron chi connectivity index (χ0n) is 13.7. The number of ether oxygens (including phenoxy) is 2. The maximum Gasteiger partial charge on any atom is 0.414 e. The van der Waals surface area contributed by atoms with Crippen LogP contribution in [-0.2, 0) is 14.3 Å². The molecular weight excluding hydrogens is 310 g/mol. The number of carbonyl (C=O) groups is 2. The Morgan fingerprint density at radius 3 is 2.62 bits per heavy atom. The molecule has 2 aromatic carbocycles. The van der Waals surface area contributed by atoms with E-state index in [0.29, 0.717) is 12.1 Å². The van der Waals surface area contributed by atoms with Gasteiger partial charge in [-0.3, -0.25) is 5.32 Å². The van der Waals surface area contributed by atoms with Crippen LogP contribution in [0.15, 0.2) is 42.5 Å². The minimum Gasteiger partial charge on any atom is -0.461 e. The number of anilines is 1. The van der Waals surface area contributed by atoms with Crippen LogP contribution in [0, 0.1) is 0 Å². The summed E-state index contributed by atoms with van der Waals surface area (Å²) in [4.78, 5) is 23.8. The van der Waals surface area contributed by atoms with Crippen LogP contribution in [0.5, 0.6) is 0 Å². The van der Waals surface area contributed by atoms with Crippen LogP contribution in [0.2, 0.25) is 0 Å². The molecule has 0 spiro atoms. The second-order valence-electron chi connectivity index (χ2n) is 5.51. The van der Waals surface area contributed by atoms with Crippen LogP contribution in [0.1, 0.15) is 26.7 Å². The number of amides is 1. The Kier molecular flexibility index (Phi) is 5.76. The van der Waals surface area contributed by atoms with Crippen LogP contribution in [0.25, 0.3) is 10.8 Å². The van der Waals surface area contributed by atoms with Crippen molar-refractivity contribution in [2.75, 3.05) is 11.9 Å². The number of hydrogen-bond donors (Lipinski definition) is 2. The average Bonchev–Trinajstić information content (AvgIpc) is 2.54. The van der Waals surface area contributed by atoms with E-state index in [1.54, 1.807) is 12.1 Å². The second kappa shape index (κ2) is 7.79. The quantitative estimate of drug-likeness (QED) is 0.481. The monoisotopic (exact) mass is 331 g/mol. The van der Waals surface area contributed by atoms with E-state index in [9.17, 15) is 14.7 Å². The van der Waals surface area contributed by atoms with Gasteiger partial charge in [-0.1, -0.05) is 49.7 Å². The molecule has 0 aromatic heterocycles. The molecule has 0 saturated heterocycles. The van der Waals surface area contributed by atoms with Crippen molar-refractivity contribution in [1.82, 2.24) is 0 Å². The first-order chi connectivity index (χ1) is 11.4. The zero-order chi connectivity index (χ0) is 17.6. The molecule has 0 unspecified atom stereocenters. The maximum absolute atomic E-state index is 12.0. The van der Waals surface area contributed by atoms with E-state index in [1.165, 1.54) is 0 Å². The van der Waals surface area contributed by atoms with E-state index in [1.807, 2.05) is 37.3 Å². The third kappa shape index (κ3) is 4.45. The van der Waals surface area contributed by atoms with E-state index in [2.05, 4.69) is 5.32 Å². The van der Waals surface area contributed by atoms with Gasteiger partial charge in [-0.15, -0.1) is 0 Å². The van der Waals surface area contributed by atoms with Crippen LogP contribution in [0.4, 0.5) is 10.5 Å². The molecule has 2 N–H and O–H groups in total. The summed E-state index contributed by atoms with van der Waals surface area (Å²) in [5.41, 5.74) is 0.522. The van der Waals surface area contributed by atoms with Gasteiger partial charge in [-0.2, -0.15) is 0 Å². The fraction of sp³-hybridized carbons (Fsp3) is 0.333. The van der Waals surface area contributed by atoms with Gasteiger partial charge in [0.15, 0.2) is 0 Å². The highest BCUT2D eigenvalue weighted by molar-refractivity contribution is 6.00. The first-order valence-electron chi connectivity index (χ1n) is 7.81. The molecule has 128 valence electrons. The first kappa shape index (κ1) is 17.7. The van der Waals surface area contributed by atoms with Crippen LogP contribution < -0.4 is 5.32 Å². The second-order valence-corrected chi connectivity index (χ2v) is 5.51. The lowest BCUT2D eigenvalue weighted by Crippen LogP contribution is -2.42. The van der Waals surface area contributed by atoms with Gasteiger partial charge in [-0.05, 0) is 17.9 Å². The lowest BCUT2D eigenvalue weighted by molar-refractivity contribution is -0.201. The third-order valence-corrected chi connectivity index (χ3v) is 3.43. The maximum atomic E-state index is 12.0. The minimum atomic E-state index is -2.34. The Labute approximate surface area is 140 Å². The molecule has 0 radical (unpaired) electrons. The van der Waals surface area contributed by atoms with E-state index < -0.39 is 17.8 Å². The Bertz CT molecular complexity index is 721. The standard InChI is InChI=1S/C18H21NO5/c1-3-4-12-23-16(20)18(2,22)24-17(21)19-15-11-7-9-13-8-5-6-10-14(13)15/h5-11,22H,3-4,12H2,1-2H3,(H,19,21)/t18-/m1/s1. The average molecular weight is 331 g/mol. The lowest BCUT2D eigenvalue weighted by atomic mass is 10.1. The molecule has 0 aliphatic rings. The molecular formula is C18H21NO5. The molecule has 0 fully saturated rings. The summed E-state index contributed by atoms with van der Waals surface area (Å²) in [6.07, 6.45) is 0.575. The topological polar surface area (TPSA) is 84.9 Å². The van der Waals surface area contributed by atoms with Gasteiger partial charge in [-0.25, -0.2) is 9.59 Å². The molecule has 0 bridgehead atoms. The molecule has 0 saturated carbocycles. The van der Waals surface area contributed by atoms with E-state index in [0.717, 1.165) is 24.1 Å². The molecule has 1 atom stereocenters. The van der Waals surface area contributed by atoms with Crippen molar-refractivity contribution in [3.05, 3.63) is 42.5 Å². The summed E-state index contributed by atoms with van der Waals surface area (Å²) in [6, 6.07) is 12.9. The summed E-state index contributed by atoms with van der Waals surface area (Å²) >= 11 is 0. The Hall–Kier alpha value is -2.60. The number of fused-ring (bicyclic) bond motifs is 1. The molecule has 2 aromatic rings. The zero-order valence-corrected chi connectivity index (χ0v) is 13.7. The van der Waals surface area contributed by atoms with Gasteiger partial charge in [0, 0.05) is 12.3 Å². The molecule has 1 amide bonds. The Balaban J connectivity index is 2.02. The molecule has 0 heterocycles. The third-order valence-electron chi connectivity index (χ3n) is 3.43. The summed E-state index contributed by atoms with van der Waals surface area (Å²) in [7, 11) is 0. The molecule has 0 aliphatic carbocycles. The van der Waals surface area contributed by atoms with Crippen molar-refractivity contribution in [2.45, 2.75) is 32.5 Å². The molecule has 2 rings (SSSR count). The number of aliphatic hydroxyl groups is 1. The minimum absolute atomic E-state index is 0.166. The summed E-state index contributed by atoms with van der Waals surface area (Å²) < 4.78 is 9.69. The molecule has 6 nitrogen and oxygen atoms in total. The van der Waals surface area contributed by atoms with Crippen LogP contribution in [0.3, 0.4) is 0 Å². The largest absolute Gasteiger partial charge is 0.461 e. The van der Waals surface area contributed by atoms with Gasteiger partial charge in [0.25, 0.3) is 0 Å². The highest BCUT2D eigenvalue weighted by Crippen LogP contribution is 2.23. The number of esters is 1. The van der Waals surface area contributed by atoms with Gasteiger partial charge >= 0.3 is 17.8 Å². The number of hydrogen-bond acceptors (Lipinski definition) is 5. The SMILES string of the molecule is CCCCOC(=O)[C@](C)(O)OC(=O)Nc1cccc2ccccc12. The van der Waals surface area contributed by atoms with Gasteiger partial charge in [0.05, 0.1) is 12.3 Å². The summed E-state index contributed by atoms with van der Waals surface area (Å²) in [6.45, 7) is 3.18. The highest BCUT2D eigenvalue weighted by Gasteiger charge is 2.37. The van der Waals surface area contributed by atoms with E-state index in [4.69, 9.17) is 9.47 Å². The van der Waals surface area contributed by atoms with Gasteiger partial charge in [0.1, 0.15) is 0 Å². The fourth-order valence-electron chi connectivity index (χ4n) is 2.14. The smallest absolute Gasteiger partial charge is 0.414 e. The van der Waals surface area contributed by atoms with Gasteiger partial charge in [0.2, 0.25) is 0 Å². The van der Waals surface area contributed by atoms with Crippen molar-refractivity contribution in [3.8, 4) is 0 Å².